The van der Waals surface area contributed by atoms with E-state index in [1.807, 2.05) is 0 Å². The molecule has 0 N–H and O–H groups in total. The van der Waals surface area contributed by atoms with Crippen LogP contribution >= 0.6 is 0 Å². The number of carbonyl (C=O) groups is 4. The zero-order valence-electron chi connectivity index (χ0n) is 7.75. The summed E-state index contributed by atoms with van der Waals surface area (Å²) in [4.78, 5) is 43.0. The number of aldehydes is 4. The summed E-state index contributed by atoms with van der Waals surface area (Å²) in [6, 6.07) is 5.97. The fourth-order valence-electron chi connectivity index (χ4n) is 1.27. The second kappa shape index (κ2) is 4.41. The van der Waals surface area contributed by atoms with Gasteiger partial charge in [-0.25, -0.2) is 0 Å². The average molecular weight is 204 g/mol. The van der Waals surface area contributed by atoms with Crippen molar-refractivity contribution in [2.75, 3.05) is 0 Å². The predicted octanol–water partition coefficient (Wildman–Crippen LogP) is 0.334. The van der Waals surface area contributed by atoms with E-state index in [9.17, 15) is 19.2 Å². The fourth-order valence-corrected chi connectivity index (χ4v) is 1.27. The molecule has 15 heavy (non-hydrogen) atoms. The average Bonchev–Trinajstić information content (AvgIpc) is 2.33. The van der Waals surface area contributed by atoms with Gasteiger partial charge in [0.05, 0.1) is 0 Å². The predicted molar refractivity (Wildman–Crippen MR) is 51.7 cm³/mol. The molecule has 4 heteroatoms. The van der Waals surface area contributed by atoms with E-state index in [0.29, 0.717) is 6.29 Å². The van der Waals surface area contributed by atoms with Gasteiger partial charge >= 0.3 is 0 Å². The Kier molecular flexibility index (Phi) is 3.23. The van der Waals surface area contributed by atoms with Crippen LogP contribution in [0.3, 0.4) is 0 Å². The highest BCUT2D eigenvalue weighted by atomic mass is 16.2. The Hall–Kier alpha value is -2.10. The molecule has 0 fully saturated rings. The van der Waals surface area contributed by atoms with Crippen LogP contribution in [0.2, 0.25) is 0 Å². The second-order valence-corrected chi connectivity index (χ2v) is 2.99. The Morgan fingerprint density at radius 2 is 1.40 bits per heavy atom. The van der Waals surface area contributed by atoms with Crippen molar-refractivity contribution in [2.45, 2.75) is 5.41 Å². The number of hydrogen-bond acceptors (Lipinski definition) is 4. The van der Waals surface area contributed by atoms with Gasteiger partial charge in [0.25, 0.3) is 0 Å². The number of hydrogen-bond donors (Lipinski definition) is 0. The van der Waals surface area contributed by atoms with Gasteiger partial charge in [0.2, 0.25) is 0 Å². The van der Waals surface area contributed by atoms with Crippen molar-refractivity contribution in [1.29, 1.82) is 0 Å². The Morgan fingerprint density at radius 3 is 1.87 bits per heavy atom. The van der Waals surface area contributed by atoms with Crippen LogP contribution in [0, 0.1) is 0 Å². The lowest BCUT2D eigenvalue weighted by molar-refractivity contribution is -0.127. The highest BCUT2D eigenvalue weighted by molar-refractivity contribution is 6.10. The van der Waals surface area contributed by atoms with Crippen LogP contribution in [0.4, 0.5) is 0 Å². The van der Waals surface area contributed by atoms with Gasteiger partial charge in [0.1, 0.15) is 25.1 Å². The van der Waals surface area contributed by atoms with E-state index in [4.69, 9.17) is 0 Å². The normalized spacial score (nSPS) is 10.4. The van der Waals surface area contributed by atoms with Crippen molar-refractivity contribution < 1.29 is 19.2 Å². The van der Waals surface area contributed by atoms with Crippen LogP contribution < -0.4 is 0 Å². The molecule has 0 atom stereocenters. The third-order valence-corrected chi connectivity index (χ3v) is 2.14. The molecule has 1 aromatic rings. The minimum atomic E-state index is -1.86. The molecule has 0 amide bonds. The third kappa shape index (κ3) is 1.74. The van der Waals surface area contributed by atoms with Gasteiger partial charge in [0, 0.05) is 5.56 Å². The smallest absolute Gasteiger partial charge is 0.162 e. The zero-order chi connectivity index (χ0) is 11.3. The topological polar surface area (TPSA) is 68.3 Å². The lowest BCUT2D eigenvalue weighted by atomic mass is 9.82. The van der Waals surface area contributed by atoms with Crippen LogP contribution in [0.15, 0.2) is 24.3 Å². The van der Waals surface area contributed by atoms with Crippen molar-refractivity contribution in [2.24, 2.45) is 0 Å². The van der Waals surface area contributed by atoms with E-state index in [1.165, 1.54) is 12.1 Å². The first-order valence-corrected chi connectivity index (χ1v) is 4.17. The van der Waals surface area contributed by atoms with E-state index < -0.39 is 5.41 Å². The Balaban J connectivity index is 3.46. The third-order valence-electron chi connectivity index (χ3n) is 2.14. The molecule has 0 radical (unpaired) electrons. The maximum Gasteiger partial charge on any atom is 0.162 e. The second-order valence-electron chi connectivity index (χ2n) is 2.99. The van der Waals surface area contributed by atoms with Crippen molar-refractivity contribution >= 4 is 25.1 Å². The van der Waals surface area contributed by atoms with Gasteiger partial charge in [-0.05, 0) is 5.56 Å². The zero-order valence-corrected chi connectivity index (χ0v) is 7.75. The first-order valence-electron chi connectivity index (χ1n) is 4.17. The lowest BCUT2D eigenvalue weighted by Crippen LogP contribution is -2.32. The SMILES string of the molecule is O=Cc1ccccc1C(C=O)(C=O)C=O. The van der Waals surface area contributed by atoms with Gasteiger partial charge in [-0.1, -0.05) is 24.3 Å². The van der Waals surface area contributed by atoms with Crippen molar-refractivity contribution in [3.05, 3.63) is 35.4 Å². The molecule has 0 saturated carbocycles. The van der Waals surface area contributed by atoms with E-state index >= 15 is 0 Å². The summed E-state index contributed by atoms with van der Waals surface area (Å²) in [7, 11) is 0. The van der Waals surface area contributed by atoms with Crippen LogP contribution in [-0.2, 0) is 19.8 Å². The quantitative estimate of drug-likeness (QED) is 0.512. The molecule has 1 rings (SSSR count). The van der Waals surface area contributed by atoms with Gasteiger partial charge in [0.15, 0.2) is 5.41 Å². The van der Waals surface area contributed by atoms with Gasteiger partial charge < -0.3 is 14.4 Å². The highest BCUT2D eigenvalue weighted by Gasteiger charge is 2.33. The molecule has 4 nitrogen and oxygen atoms in total. The van der Waals surface area contributed by atoms with Gasteiger partial charge in [-0.2, -0.15) is 0 Å². The van der Waals surface area contributed by atoms with Crippen LogP contribution in [0.1, 0.15) is 15.9 Å². The monoisotopic (exact) mass is 204 g/mol. The molecule has 1 aromatic carbocycles. The summed E-state index contributed by atoms with van der Waals surface area (Å²) in [5.74, 6) is 0. The standard InChI is InChI=1S/C11H8O4/c12-5-9-3-1-2-4-10(9)11(6-13,7-14)8-15/h1-8H. The van der Waals surface area contributed by atoms with Crippen molar-refractivity contribution in [3.8, 4) is 0 Å². The molecule has 0 aliphatic rings. The molecule has 0 heterocycles. The number of carbonyl (C=O) groups excluding carboxylic acids is 4. The molecule has 0 unspecified atom stereocenters. The molecule has 0 spiro atoms. The van der Waals surface area contributed by atoms with E-state index in [-0.39, 0.29) is 30.0 Å². The van der Waals surface area contributed by atoms with Crippen LogP contribution in [0.25, 0.3) is 0 Å². The minimum Gasteiger partial charge on any atom is -0.301 e. The fraction of sp³-hybridized carbons (Fsp3) is 0.0909. The molecule has 0 saturated heterocycles. The minimum absolute atomic E-state index is 0.111. The van der Waals surface area contributed by atoms with E-state index in [1.54, 1.807) is 12.1 Å². The van der Waals surface area contributed by atoms with Crippen LogP contribution in [-0.4, -0.2) is 25.1 Å². The molecular weight excluding hydrogens is 196 g/mol. The maximum atomic E-state index is 10.8. The van der Waals surface area contributed by atoms with Gasteiger partial charge in [-0.15, -0.1) is 0 Å². The van der Waals surface area contributed by atoms with E-state index in [0.717, 1.165) is 0 Å². The Morgan fingerprint density at radius 1 is 0.867 bits per heavy atom. The maximum absolute atomic E-state index is 10.8. The Labute approximate surface area is 85.9 Å². The summed E-state index contributed by atoms with van der Waals surface area (Å²) in [5.41, 5.74) is -1.60. The summed E-state index contributed by atoms with van der Waals surface area (Å²) in [6.07, 6.45) is 1.20. The summed E-state index contributed by atoms with van der Waals surface area (Å²) >= 11 is 0. The molecular formula is C11H8O4. The van der Waals surface area contributed by atoms with Crippen molar-refractivity contribution in [1.82, 2.24) is 0 Å². The largest absolute Gasteiger partial charge is 0.301 e. The summed E-state index contributed by atoms with van der Waals surface area (Å²) < 4.78 is 0. The van der Waals surface area contributed by atoms with Gasteiger partial charge in [-0.3, -0.25) is 4.79 Å². The first-order chi connectivity index (χ1) is 7.24. The molecule has 0 aliphatic heterocycles. The number of benzene rings is 1. The summed E-state index contributed by atoms with van der Waals surface area (Å²) in [5, 5.41) is 0. The molecule has 0 aromatic heterocycles. The first kappa shape index (κ1) is 11.0. The summed E-state index contributed by atoms with van der Waals surface area (Å²) in [6.45, 7) is 0. The van der Waals surface area contributed by atoms with Crippen LogP contribution in [0.5, 0.6) is 0 Å². The Bertz CT molecular complexity index is 387. The highest BCUT2D eigenvalue weighted by Crippen LogP contribution is 2.20. The molecule has 0 bridgehead atoms. The van der Waals surface area contributed by atoms with E-state index in [2.05, 4.69) is 0 Å². The lowest BCUT2D eigenvalue weighted by Gasteiger charge is -2.15. The number of rotatable bonds is 5. The molecule has 76 valence electrons. The molecule has 0 aliphatic carbocycles. The van der Waals surface area contributed by atoms with Crippen molar-refractivity contribution in [3.63, 3.8) is 0 Å².